The third kappa shape index (κ3) is 2.34. The maximum absolute atomic E-state index is 5.48. The van der Waals surface area contributed by atoms with Gasteiger partial charge in [0.25, 0.3) is 0 Å². The number of methoxy groups -OCH3 is 2. The van der Waals surface area contributed by atoms with E-state index in [-0.39, 0.29) is 5.41 Å². The fraction of sp³-hybridized carbons (Fsp3) is 0.538. The molecule has 0 spiro atoms. The first-order valence-corrected chi connectivity index (χ1v) is 6.03. The highest BCUT2D eigenvalue weighted by Crippen LogP contribution is 2.43. The van der Waals surface area contributed by atoms with E-state index in [1.807, 2.05) is 6.92 Å². The number of benzene rings is 1. The summed E-state index contributed by atoms with van der Waals surface area (Å²) in [5.74, 6) is 1.64. The van der Waals surface area contributed by atoms with Crippen LogP contribution in [0.5, 0.6) is 11.5 Å². The first-order chi connectivity index (χ1) is 7.32. The molecule has 0 atom stereocenters. The van der Waals surface area contributed by atoms with Crippen LogP contribution in [0.1, 0.15) is 31.9 Å². The van der Waals surface area contributed by atoms with E-state index in [2.05, 4.69) is 42.8 Å². The molecule has 0 radical (unpaired) electrons. The van der Waals surface area contributed by atoms with Gasteiger partial charge in [0.15, 0.2) is 11.5 Å². The van der Waals surface area contributed by atoms with E-state index in [9.17, 15) is 0 Å². The second kappa shape index (κ2) is 4.66. The Hall–Kier alpha value is -0.700. The van der Waals surface area contributed by atoms with Crippen molar-refractivity contribution >= 4 is 15.9 Å². The molecule has 90 valence electrons. The van der Waals surface area contributed by atoms with Gasteiger partial charge in [0.2, 0.25) is 0 Å². The normalized spacial score (nSPS) is 11.4. The summed E-state index contributed by atoms with van der Waals surface area (Å²) in [5.41, 5.74) is 2.23. The number of hydrogen-bond donors (Lipinski definition) is 0. The number of ether oxygens (including phenoxy) is 2. The van der Waals surface area contributed by atoms with Crippen molar-refractivity contribution < 1.29 is 9.47 Å². The van der Waals surface area contributed by atoms with Crippen molar-refractivity contribution in [3.63, 3.8) is 0 Å². The average Bonchev–Trinajstić information content (AvgIpc) is 2.19. The van der Waals surface area contributed by atoms with Crippen LogP contribution in [-0.2, 0) is 5.41 Å². The van der Waals surface area contributed by atoms with Crippen molar-refractivity contribution in [1.82, 2.24) is 0 Å². The molecule has 0 saturated carbocycles. The lowest BCUT2D eigenvalue weighted by Crippen LogP contribution is -2.14. The van der Waals surface area contributed by atoms with Gasteiger partial charge in [0, 0.05) is 15.6 Å². The third-order valence-corrected chi connectivity index (χ3v) is 3.46. The van der Waals surface area contributed by atoms with Gasteiger partial charge in [-0.05, 0) is 18.4 Å². The van der Waals surface area contributed by atoms with Crippen LogP contribution in [0, 0.1) is 6.92 Å². The Morgan fingerprint density at radius 3 is 1.94 bits per heavy atom. The van der Waals surface area contributed by atoms with E-state index in [0.29, 0.717) is 0 Å². The minimum Gasteiger partial charge on any atom is -0.493 e. The predicted molar refractivity (Wildman–Crippen MR) is 70.7 cm³/mol. The number of hydrogen-bond acceptors (Lipinski definition) is 2. The molecule has 0 unspecified atom stereocenters. The molecule has 1 aromatic rings. The highest BCUT2D eigenvalue weighted by molar-refractivity contribution is 9.10. The van der Waals surface area contributed by atoms with Gasteiger partial charge in [-0.3, -0.25) is 0 Å². The van der Waals surface area contributed by atoms with Gasteiger partial charge < -0.3 is 9.47 Å². The maximum atomic E-state index is 5.48. The van der Waals surface area contributed by atoms with Crippen molar-refractivity contribution in [3.8, 4) is 11.5 Å². The third-order valence-electron chi connectivity index (χ3n) is 2.64. The van der Waals surface area contributed by atoms with Gasteiger partial charge in [0.1, 0.15) is 0 Å². The van der Waals surface area contributed by atoms with Crippen LogP contribution in [0.2, 0.25) is 0 Å². The molecule has 2 nitrogen and oxygen atoms in total. The molecular weight excluding hydrogens is 268 g/mol. The van der Waals surface area contributed by atoms with Crippen molar-refractivity contribution in [3.05, 3.63) is 21.7 Å². The van der Waals surface area contributed by atoms with Crippen LogP contribution in [0.3, 0.4) is 0 Å². The van der Waals surface area contributed by atoms with Crippen molar-refractivity contribution in [2.45, 2.75) is 33.1 Å². The summed E-state index contributed by atoms with van der Waals surface area (Å²) < 4.78 is 12.0. The lowest BCUT2D eigenvalue weighted by atomic mass is 9.85. The minimum atomic E-state index is 0.0227. The van der Waals surface area contributed by atoms with E-state index in [1.165, 1.54) is 0 Å². The van der Waals surface area contributed by atoms with Gasteiger partial charge in [-0.1, -0.05) is 36.7 Å². The van der Waals surface area contributed by atoms with Crippen molar-refractivity contribution in [2.75, 3.05) is 14.2 Å². The highest BCUT2D eigenvalue weighted by atomic mass is 79.9. The Morgan fingerprint density at radius 1 is 1.06 bits per heavy atom. The fourth-order valence-electron chi connectivity index (χ4n) is 1.71. The molecule has 0 saturated heterocycles. The second-order valence-corrected chi connectivity index (χ2v) is 5.70. The number of halogens is 1. The first kappa shape index (κ1) is 13.4. The summed E-state index contributed by atoms with van der Waals surface area (Å²) in [6.45, 7) is 8.49. The molecule has 0 aliphatic carbocycles. The summed E-state index contributed by atoms with van der Waals surface area (Å²) >= 11 is 3.56. The van der Waals surface area contributed by atoms with Crippen LogP contribution >= 0.6 is 15.9 Å². The molecule has 3 heteroatoms. The molecule has 1 rings (SSSR count). The summed E-state index contributed by atoms with van der Waals surface area (Å²) in [4.78, 5) is 0. The summed E-state index contributed by atoms with van der Waals surface area (Å²) in [5, 5.41) is 0. The topological polar surface area (TPSA) is 18.5 Å². The Labute approximate surface area is 106 Å². The molecule has 0 heterocycles. The molecule has 0 N–H and O–H groups in total. The van der Waals surface area contributed by atoms with Gasteiger partial charge in [0.05, 0.1) is 14.2 Å². The standard InChI is InChI=1S/C13H19BrO2/c1-8-10(14)7-9(13(2,3)4)12(16-6)11(8)15-5/h7H,1-6H3. The summed E-state index contributed by atoms with van der Waals surface area (Å²) in [7, 11) is 3.35. The molecule has 0 aliphatic rings. The van der Waals surface area contributed by atoms with E-state index in [1.54, 1.807) is 14.2 Å². The van der Waals surface area contributed by atoms with Crippen LogP contribution < -0.4 is 9.47 Å². The maximum Gasteiger partial charge on any atom is 0.165 e. The van der Waals surface area contributed by atoms with Gasteiger partial charge in [-0.2, -0.15) is 0 Å². The summed E-state index contributed by atoms with van der Waals surface area (Å²) in [6, 6.07) is 2.11. The molecule has 0 aliphatic heterocycles. The summed E-state index contributed by atoms with van der Waals surface area (Å²) in [6.07, 6.45) is 0. The average molecular weight is 287 g/mol. The van der Waals surface area contributed by atoms with Crippen LogP contribution in [0.25, 0.3) is 0 Å². The van der Waals surface area contributed by atoms with E-state index in [4.69, 9.17) is 9.47 Å². The van der Waals surface area contributed by atoms with E-state index >= 15 is 0 Å². The largest absolute Gasteiger partial charge is 0.493 e. The van der Waals surface area contributed by atoms with Gasteiger partial charge >= 0.3 is 0 Å². The molecule has 1 aromatic carbocycles. The zero-order valence-corrected chi connectivity index (χ0v) is 12.4. The molecule has 0 amide bonds. The van der Waals surface area contributed by atoms with Gasteiger partial charge in [-0.15, -0.1) is 0 Å². The monoisotopic (exact) mass is 286 g/mol. The van der Waals surface area contributed by atoms with Crippen molar-refractivity contribution in [1.29, 1.82) is 0 Å². The highest BCUT2D eigenvalue weighted by Gasteiger charge is 2.24. The first-order valence-electron chi connectivity index (χ1n) is 5.24. The Bertz CT molecular complexity index is 392. The second-order valence-electron chi connectivity index (χ2n) is 4.85. The number of rotatable bonds is 2. The lowest BCUT2D eigenvalue weighted by Gasteiger charge is -2.25. The quantitative estimate of drug-likeness (QED) is 0.816. The predicted octanol–water partition coefficient (Wildman–Crippen LogP) is 4.07. The molecule has 0 fully saturated rings. The zero-order chi connectivity index (χ0) is 12.5. The van der Waals surface area contributed by atoms with E-state index < -0.39 is 0 Å². The fourth-order valence-corrected chi connectivity index (χ4v) is 2.12. The smallest absolute Gasteiger partial charge is 0.165 e. The van der Waals surface area contributed by atoms with Crippen LogP contribution in [0.15, 0.2) is 10.5 Å². The SMILES string of the molecule is COc1c(C(C)(C)C)cc(Br)c(C)c1OC. The van der Waals surface area contributed by atoms with Crippen LogP contribution in [-0.4, -0.2) is 14.2 Å². The Balaban J connectivity index is 3.57. The molecular formula is C13H19BrO2. The molecule has 16 heavy (non-hydrogen) atoms. The molecule has 0 aromatic heterocycles. The minimum absolute atomic E-state index is 0.0227. The van der Waals surface area contributed by atoms with Gasteiger partial charge in [-0.25, -0.2) is 0 Å². The Kier molecular flexibility index (Phi) is 3.89. The lowest BCUT2D eigenvalue weighted by molar-refractivity contribution is 0.343. The van der Waals surface area contributed by atoms with Crippen LogP contribution in [0.4, 0.5) is 0 Å². The molecule has 0 bridgehead atoms. The van der Waals surface area contributed by atoms with Crippen molar-refractivity contribution in [2.24, 2.45) is 0 Å². The Morgan fingerprint density at radius 2 is 1.56 bits per heavy atom. The zero-order valence-electron chi connectivity index (χ0n) is 10.8. The van der Waals surface area contributed by atoms with E-state index in [0.717, 1.165) is 27.1 Å².